The lowest BCUT2D eigenvalue weighted by Crippen LogP contribution is -2.21. The number of nitro groups is 1. The number of nitriles is 1. The van der Waals surface area contributed by atoms with Gasteiger partial charge in [-0.05, 0) is 35.4 Å². The number of carboxylic acid groups (broad SMARTS) is 1. The third kappa shape index (κ3) is 3.75. The number of nitro benzene ring substituents is 1. The number of furan rings is 1. The molecule has 3 rings (SSSR count). The van der Waals surface area contributed by atoms with Crippen LogP contribution in [0.3, 0.4) is 0 Å². The molecule has 0 saturated heterocycles. The van der Waals surface area contributed by atoms with Gasteiger partial charge in [0, 0.05) is 6.07 Å². The van der Waals surface area contributed by atoms with Gasteiger partial charge in [0.2, 0.25) is 0 Å². The monoisotopic (exact) mass is 359 g/mol. The van der Waals surface area contributed by atoms with Crippen LogP contribution in [-0.4, -0.2) is 10.9 Å². The van der Waals surface area contributed by atoms with Crippen molar-refractivity contribution in [2.45, 2.75) is 0 Å². The van der Waals surface area contributed by atoms with Crippen LogP contribution in [0.5, 0.6) is 0 Å². The Morgan fingerprint density at radius 2 is 1.70 bits per heavy atom. The first-order valence-electron chi connectivity index (χ1n) is 7.77. The average molecular weight is 359 g/mol. The fraction of sp³-hybridized carbons (Fsp3) is 0. The molecule has 0 aliphatic heterocycles. The lowest BCUT2D eigenvalue weighted by atomic mass is 10.0. The Kier molecular flexibility index (Phi) is 4.82. The normalized spacial score (nSPS) is 11.0. The van der Waals surface area contributed by atoms with E-state index >= 15 is 0 Å². The van der Waals surface area contributed by atoms with Gasteiger partial charge in [0.1, 0.15) is 11.5 Å². The summed E-state index contributed by atoms with van der Waals surface area (Å²) in [5, 5.41) is 31.3. The number of hydrogen-bond donors (Lipinski definition) is 0. The third-order valence-corrected chi connectivity index (χ3v) is 3.83. The molecule has 3 aromatic rings. The van der Waals surface area contributed by atoms with Crippen LogP contribution in [0.2, 0.25) is 0 Å². The lowest BCUT2D eigenvalue weighted by molar-refractivity contribution is -0.384. The molecule has 0 unspecified atom stereocenters. The number of para-hydroxylation sites is 1. The van der Waals surface area contributed by atoms with Gasteiger partial charge in [-0.15, -0.1) is 0 Å². The number of hydrogen-bond acceptors (Lipinski definition) is 6. The molecule has 0 atom stereocenters. The summed E-state index contributed by atoms with van der Waals surface area (Å²) in [6.45, 7) is 0. The Morgan fingerprint density at radius 3 is 2.33 bits per heavy atom. The van der Waals surface area contributed by atoms with Crippen molar-refractivity contribution in [3.8, 4) is 17.4 Å². The largest absolute Gasteiger partial charge is 0.545 e. The highest BCUT2D eigenvalue weighted by Crippen LogP contribution is 2.31. The molecule has 0 amide bonds. The maximum atomic E-state index is 11.1. The molecule has 27 heavy (non-hydrogen) atoms. The quantitative estimate of drug-likeness (QED) is 0.391. The van der Waals surface area contributed by atoms with Gasteiger partial charge < -0.3 is 14.3 Å². The second-order valence-electron chi connectivity index (χ2n) is 5.51. The highest BCUT2D eigenvalue weighted by molar-refractivity contribution is 5.91. The standard InChI is InChI=1S/C20H12N2O5/c21-12-15(13-5-7-14(8-6-13)20(23)24)11-16-9-10-19(27-16)17-3-1-2-4-18(17)22(25)26/h1-11H,(H,23,24)/p-1/b15-11+. The maximum Gasteiger partial charge on any atom is 0.280 e. The number of nitrogens with zero attached hydrogens (tertiary/aromatic N) is 2. The van der Waals surface area contributed by atoms with E-state index in [1.54, 1.807) is 30.3 Å². The minimum absolute atomic E-state index is 0.00714. The summed E-state index contributed by atoms with van der Waals surface area (Å²) >= 11 is 0. The van der Waals surface area contributed by atoms with E-state index in [4.69, 9.17) is 4.42 Å². The van der Waals surface area contributed by atoms with Gasteiger partial charge >= 0.3 is 0 Å². The van der Waals surface area contributed by atoms with Gasteiger partial charge in [-0.1, -0.05) is 36.4 Å². The van der Waals surface area contributed by atoms with Crippen molar-refractivity contribution in [2.24, 2.45) is 0 Å². The topological polar surface area (TPSA) is 120 Å². The summed E-state index contributed by atoms with van der Waals surface area (Å²) in [6, 6.07) is 17.1. The fourth-order valence-electron chi connectivity index (χ4n) is 2.52. The smallest absolute Gasteiger partial charge is 0.280 e. The van der Waals surface area contributed by atoms with E-state index in [1.807, 2.05) is 6.07 Å². The van der Waals surface area contributed by atoms with Crippen molar-refractivity contribution in [3.05, 3.63) is 87.7 Å². The molecule has 0 spiro atoms. The number of carbonyl (C=O) groups is 1. The summed E-state index contributed by atoms with van der Waals surface area (Å²) in [7, 11) is 0. The minimum Gasteiger partial charge on any atom is -0.545 e. The van der Waals surface area contributed by atoms with Gasteiger partial charge in [-0.25, -0.2) is 0 Å². The van der Waals surface area contributed by atoms with E-state index in [2.05, 4.69) is 0 Å². The molecule has 0 saturated carbocycles. The maximum absolute atomic E-state index is 11.1. The summed E-state index contributed by atoms with van der Waals surface area (Å²) in [6.07, 6.45) is 1.48. The van der Waals surface area contributed by atoms with E-state index in [9.17, 15) is 25.3 Å². The van der Waals surface area contributed by atoms with Crippen LogP contribution in [0.1, 0.15) is 21.7 Å². The average Bonchev–Trinajstić information content (AvgIpc) is 3.14. The summed E-state index contributed by atoms with van der Waals surface area (Å²) in [4.78, 5) is 21.5. The predicted octanol–water partition coefficient (Wildman–Crippen LogP) is 3.28. The zero-order valence-corrected chi connectivity index (χ0v) is 13.8. The van der Waals surface area contributed by atoms with Crippen LogP contribution in [0.25, 0.3) is 23.0 Å². The van der Waals surface area contributed by atoms with Crippen LogP contribution in [0.15, 0.2) is 65.1 Å². The second kappa shape index (κ2) is 7.37. The molecule has 1 heterocycles. The Balaban J connectivity index is 1.95. The first-order chi connectivity index (χ1) is 13.0. The van der Waals surface area contributed by atoms with Crippen molar-refractivity contribution in [1.82, 2.24) is 0 Å². The van der Waals surface area contributed by atoms with Crippen molar-refractivity contribution in [1.29, 1.82) is 5.26 Å². The Bertz CT molecular complexity index is 1090. The minimum atomic E-state index is -1.30. The van der Waals surface area contributed by atoms with Crippen LogP contribution in [0.4, 0.5) is 5.69 Å². The summed E-state index contributed by atoms with van der Waals surface area (Å²) in [5.74, 6) is -0.661. The van der Waals surface area contributed by atoms with Gasteiger partial charge in [0.25, 0.3) is 5.69 Å². The van der Waals surface area contributed by atoms with E-state index in [-0.39, 0.29) is 16.8 Å². The van der Waals surface area contributed by atoms with E-state index in [1.165, 1.54) is 36.4 Å². The number of benzene rings is 2. The summed E-state index contributed by atoms with van der Waals surface area (Å²) in [5.41, 5.74) is 1.02. The molecule has 1 aromatic heterocycles. The molecule has 132 valence electrons. The Morgan fingerprint density at radius 1 is 1.04 bits per heavy atom. The van der Waals surface area contributed by atoms with Gasteiger partial charge in [0.05, 0.1) is 28.1 Å². The molecule has 7 nitrogen and oxygen atoms in total. The van der Waals surface area contributed by atoms with Crippen molar-refractivity contribution in [3.63, 3.8) is 0 Å². The third-order valence-electron chi connectivity index (χ3n) is 3.83. The SMILES string of the molecule is N#C/C(=C\c1ccc(-c2ccccc2[N+](=O)[O-])o1)c1ccc(C(=O)[O-])cc1. The number of carboxylic acids is 1. The highest BCUT2D eigenvalue weighted by Gasteiger charge is 2.17. The molecule has 2 aromatic carbocycles. The summed E-state index contributed by atoms with van der Waals surface area (Å²) < 4.78 is 5.64. The van der Waals surface area contributed by atoms with E-state index in [0.717, 1.165) is 0 Å². The van der Waals surface area contributed by atoms with Crippen molar-refractivity contribution < 1.29 is 19.2 Å². The van der Waals surface area contributed by atoms with Gasteiger partial charge in [0.15, 0.2) is 0 Å². The molecular weight excluding hydrogens is 348 g/mol. The molecule has 7 heteroatoms. The zero-order valence-electron chi connectivity index (χ0n) is 13.8. The Hall–Kier alpha value is -4.18. The highest BCUT2D eigenvalue weighted by atomic mass is 16.6. The molecule has 0 aliphatic carbocycles. The van der Waals surface area contributed by atoms with Crippen LogP contribution >= 0.6 is 0 Å². The molecule has 0 bridgehead atoms. The number of aromatic carboxylic acids is 1. The first-order valence-corrected chi connectivity index (χ1v) is 7.77. The fourth-order valence-corrected chi connectivity index (χ4v) is 2.52. The second-order valence-corrected chi connectivity index (χ2v) is 5.51. The predicted molar refractivity (Wildman–Crippen MR) is 95.1 cm³/mol. The lowest BCUT2D eigenvalue weighted by Gasteiger charge is -2.03. The number of rotatable bonds is 5. The van der Waals surface area contributed by atoms with E-state index < -0.39 is 10.9 Å². The van der Waals surface area contributed by atoms with E-state index in [0.29, 0.717) is 22.6 Å². The molecule has 0 fully saturated rings. The van der Waals surface area contributed by atoms with Crippen molar-refractivity contribution in [2.75, 3.05) is 0 Å². The molecule has 0 N–H and O–H groups in total. The van der Waals surface area contributed by atoms with Crippen LogP contribution in [0, 0.1) is 21.4 Å². The van der Waals surface area contributed by atoms with Crippen molar-refractivity contribution >= 4 is 23.3 Å². The molecule has 0 aliphatic rings. The van der Waals surface area contributed by atoms with Crippen LogP contribution < -0.4 is 5.11 Å². The molecular formula is C20H11N2O5-. The zero-order chi connectivity index (χ0) is 19.4. The molecule has 0 radical (unpaired) electrons. The van der Waals surface area contributed by atoms with Gasteiger partial charge in [-0.2, -0.15) is 5.26 Å². The number of carbonyl (C=O) groups excluding carboxylic acids is 1. The number of allylic oxidation sites excluding steroid dienone is 1. The van der Waals surface area contributed by atoms with Gasteiger partial charge in [-0.3, -0.25) is 10.1 Å². The first kappa shape index (κ1) is 17.6. The van der Waals surface area contributed by atoms with Crippen LogP contribution in [-0.2, 0) is 0 Å². The Labute approximate surface area is 153 Å².